The minimum absolute atomic E-state index is 0.840. The lowest BCUT2D eigenvalue weighted by Crippen LogP contribution is -2.24. The Morgan fingerprint density at radius 1 is 1.36 bits per heavy atom. The van der Waals surface area contributed by atoms with Crippen LogP contribution in [0.5, 0.6) is 0 Å². The van der Waals surface area contributed by atoms with Crippen molar-refractivity contribution in [1.29, 1.82) is 0 Å². The summed E-state index contributed by atoms with van der Waals surface area (Å²) in [6.45, 7) is 1.97. The molecule has 1 aliphatic carbocycles. The zero-order valence-corrected chi connectivity index (χ0v) is 8.54. The van der Waals surface area contributed by atoms with Gasteiger partial charge >= 0.3 is 0 Å². The third-order valence-corrected chi connectivity index (χ3v) is 2.96. The highest BCUT2D eigenvalue weighted by molar-refractivity contribution is 4.94. The standard InChI is InChI=1S/C11H18N2O/c1-2-4-10(5-3-1)8-12-9-11-6-7-14-13-11/h6-7,10,12H,1-5,8-9H2. The predicted octanol–water partition coefficient (Wildman–Crippen LogP) is 2.34. The van der Waals surface area contributed by atoms with E-state index < -0.39 is 0 Å². The van der Waals surface area contributed by atoms with Crippen molar-refractivity contribution in [2.45, 2.75) is 38.6 Å². The number of aromatic nitrogens is 1. The Labute approximate surface area is 84.9 Å². The number of rotatable bonds is 4. The number of hydrogen-bond acceptors (Lipinski definition) is 3. The Hall–Kier alpha value is -0.830. The maximum Gasteiger partial charge on any atom is 0.124 e. The third-order valence-electron chi connectivity index (χ3n) is 2.96. The fraction of sp³-hybridized carbons (Fsp3) is 0.727. The summed E-state index contributed by atoms with van der Waals surface area (Å²) in [4.78, 5) is 0. The van der Waals surface area contributed by atoms with Gasteiger partial charge in [-0.25, -0.2) is 0 Å². The molecule has 1 aromatic rings. The number of nitrogens with zero attached hydrogens (tertiary/aromatic N) is 1. The van der Waals surface area contributed by atoms with Crippen molar-refractivity contribution in [3.8, 4) is 0 Å². The summed E-state index contributed by atoms with van der Waals surface area (Å²) < 4.78 is 4.77. The van der Waals surface area contributed by atoms with Gasteiger partial charge in [0.2, 0.25) is 0 Å². The highest BCUT2D eigenvalue weighted by Gasteiger charge is 2.12. The minimum Gasteiger partial charge on any atom is -0.364 e. The highest BCUT2D eigenvalue weighted by atomic mass is 16.5. The summed E-state index contributed by atoms with van der Waals surface area (Å²) in [7, 11) is 0. The zero-order valence-electron chi connectivity index (χ0n) is 8.54. The second-order valence-electron chi connectivity index (χ2n) is 4.13. The van der Waals surface area contributed by atoms with E-state index in [-0.39, 0.29) is 0 Å². The first-order chi connectivity index (χ1) is 6.95. The van der Waals surface area contributed by atoms with Crippen LogP contribution in [0.2, 0.25) is 0 Å². The van der Waals surface area contributed by atoms with Gasteiger partial charge in [0.15, 0.2) is 0 Å². The van der Waals surface area contributed by atoms with Gasteiger partial charge in [-0.2, -0.15) is 0 Å². The molecule has 1 aliphatic rings. The van der Waals surface area contributed by atoms with Gasteiger partial charge in [0.1, 0.15) is 6.26 Å². The molecule has 0 aromatic carbocycles. The van der Waals surface area contributed by atoms with Gasteiger partial charge in [-0.3, -0.25) is 0 Å². The van der Waals surface area contributed by atoms with E-state index >= 15 is 0 Å². The van der Waals surface area contributed by atoms with Crippen molar-refractivity contribution >= 4 is 0 Å². The van der Waals surface area contributed by atoms with Crippen LogP contribution in [0.1, 0.15) is 37.8 Å². The maximum absolute atomic E-state index is 4.77. The molecule has 0 spiro atoms. The smallest absolute Gasteiger partial charge is 0.124 e. The van der Waals surface area contributed by atoms with Crippen LogP contribution in [0.25, 0.3) is 0 Å². The van der Waals surface area contributed by atoms with Gasteiger partial charge < -0.3 is 9.84 Å². The van der Waals surface area contributed by atoms with Crippen LogP contribution in [0, 0.1) is 5.92 Å². The summed E-state index contributed by atoms with van der Waals surface area (Å²) >= 11 is 0. The van der Waals surface area contributed by atoms with Crippen LogP contribution >= 0.6 is 0 Å². The molecule has 0 amide bonds. The van der Waals surface area contributed by atoms with E-state index in [4.69, 9.17) is 4.52 Å². The lowest BCUT2D eigenvalue weighted by Gasteiger charge is -2.21. The molecular weight excluding hydrogens is 176 g/mol. The van der Waals surface area contributed by atoms with Crippen LogP contribution < -0.4 is 5.32 Å². The van der Waals surface area contributed by atoms with Crippen molar-refractivity contribution in [3.63, 3.8) is 0 Å². The molecule has 0 atom stereocenters. The van der Waals surface area contributed by atoms with E-state index in [0.717, 1.165) is 24.7 Å². The summed E-state index contributed by atoms with van der Waals surface area (Å²) in [5.74, 6) is 0.885. The third kappa shape index (κ3) is 2.84. The van der Waals surface area contributed by atoms with Gasteiger partial charge in [0, 0.05) is 12.6 Å². The first-order valence-electron chi connectivity index (χ1n) is 5.55. The molecular formula is C11H18N2O. The molecule has 0 saturated heterocycles. The first-order valence-corrected chi connectivity index (χ1v) is 5.55. The van der Waals surface area contributed by atoms with Gasteiger partial charge in [0.05, 0.1) is 5.69 Å². The molecule has 0 aliphatic heterocycles. The molecule has 1 saturated carbocycles. The van der Waals surface area contributed by atoms with Gasteiger partial charge in [0.25, 0.3) is 0 Å². The van der Waals surface area contributed by atoms with Crippen molar-refractivity contribution in [2.75, 3.05) is 6.54 Å². The van der Waals surface area contributed by atoms with Crippen LogP contribution in [0.15, 0.2) is 16.9 Å². The summed E-state index contributed by atoms with van der Waals surface area (Å²) in [5.41, 5.74) is 1.00. The number of hydrogen-bond donors (Lipinski definition) is 1. The summed E-state index contributed by atoms with van der Waals surface area (Å²) in [5, 5.41) is 7.30. The quantitative estimate of drug-likeness (QED) is 0.799. The molecule has 0 unspecified atom stereocenters. The average Bonchev–Trinajstić information content (AvgIpc) is 2.72. The monoisotopic (exact) mass is 194 g/mol. The molecule has 2 rings (SSSR count). The normalized spacial score (nSPS) is 18.6. The molecule has 14 heavy (non-hydrogen) atoms. The molecule has 0 bridgehead atoms. The Morgan fingerprint density at radius 2 is 2.21 bits per heavy atom. The average molecular weight is 194 g/mol. The van der Waals surface area contributed by atoms with Crippen molar-refractivity contribution in [2.24, 2.45) is 5.92 Å². The van der Waals surface area contributed by atoms with Crippen LogP contribution in [-0.2, 0) is 6.54 Å². The summed E-state index contributed by atoms with van der Waals surface area (Å²) in [6, 6.07) is 1.91. The van der Waals surface area contributed by atoms with Gasteiger partial charge in [-0.05, 0) is 25.3 Å². The first kappa shape index (κ1) is 9.71. The highest BCUT2D eigenvalue weighted by Crippen LogP contribution is 2.22. The van der Waals surface area contributed by atoms with Crippen LogP contribution in [0.4, 0.5) is 0 Å². The van der Waals surface area contributed by atoms with E-state index in [1.165, 1.54) is 32.1 Å². The molecule has 1 aromatic heterocycles. The second kappa shape index (κ2) is 5.15. The fourth-order valence-electron chi connectivity index (χ4n) is 2.12. The Morgan fingerprint density at radius 3 is 2.93 bits per heavy atom. The van der Waals surface area contributed by atoms with Crippen molar-refractivity contribution < 1.29 is 4.52 Å². The van der Waals surface area contributed by atoms with E-state index in [2.05, 4.69) is 10.5 Å². The lowest BCUT2D eigenvalue weighted by atomic mass is 9.89. The Kier molecular flexibility index (Phi) is 3.57. The van der Waals surface area contributed by atoms with Crippen molar-refractivity contribution in [3.05, 3.63) is 18.0 Å². The summed E-state index contributed by atoms with van der Waals surface area (Å²) in [6.07, 6.45) is 8.67. The van der Waals surface area contributed by atoms with Crippen LogP contribution in [-0.4, -0.2) is 11.7 Å². The molecule has 3 heteroatoms. The molecule has 0 radical (unpaired) electrons. The SMILES string of the molecule is c1cc(CNCC2CCCCC2)no1. The molecule has 1 heterocycles. The molecule has 1 N–H and O–H groups in total. The van der Waals surface area contributed by atoms with E-state index in [1.54, 1.807) is 6.26 Å². The van der Waals surface area contributed by atoms with E-state index in [9.17, 15) is 0 Å². The number of nitrogens with one attached hydrogen (secondary N) is 1. The second-order valence-corrected chi connectivity index (χ2v) is 4.13. The molecule has 1 fully saturated rings. The van der Waals surface area contributed by atoms with E-state index in [1.807, 2.05) is 6.07 Å². The zero-order chi connectivity index (χ0) is 9.64. The Bertz CT molecular complexity index is 240. The fourth-order valence-corrected chi connectivity index (χ4v) is 2.12. The van der Waals surface area contributed by atoms with Gasteiger partial charge in [-0.1, -0.05) is 24.4 Å². The van der Waals surface area contributed by atoms with Crippen LogP contribution in [0.3, 0.4) is 0 Å². The van der Waals surface area contributed by atoms with Gasteiger partial charge in [-0.15, -0.1) is 0 Å². The predicted molar refractivity (Wildman–Crippen MR) is 54.8 cm³/mol. The van der Waals surface area contributed by atoms with Crippen molar-refractivity contribution in [1.82, 2.24) is 10.5 Å². The van der Waals surface area contributed by atoms with E-state index in [0.29, 0.717) is 0 Å². The maximum atomic E-state index is 4.77. The molecule has 78 valence electrons. The lowest BCUT2D eigenvalue weighted by molar-refractivity contribution is 0.339. The Balaban J connectivity index is 1.62. The largest absolute Gasteiger partial charge is 0.364 e. The molecule has 3 nitrogen and oxygen atoms in total. The topological polar surface area (TPSA) is 38.1 Å². The minimum atomic E-state index is 0.840.